The molecule has 5 rings (SSSR count). The minimum Gasteiger partial charge on any atom is -0.338 e. The summed E-state index contributed by atoms with van der Waals surface area (Å²) in [6.45, 7) is 1.47. The van der Waals surface area contributed by atoms with Crippen LogP contribution in [0.3, 0.4) is 0 Å². The number of halogens is 1. The first-order valence-electron chi connectivity index (χ1n) is 9.80. The van der Waals surface area contributed by atoms with Gasteiger partial charge < -0.3 is 20.5 Å². The van der Waals surface area contributed by atoms with Gasteiger partial charge >= 0.3 is 6.03 Å². The topological polar surface area (TPSA) is 73.1 Å². The highest BCUT2D eigenvalue weighted by Gasteiger charge is 2.22. The summed E-state index contributed by atoms with van der Waals surface area (Å²) in [5, 5.41) is 5.43. The third-order valence-electron chi connectivity index (χ3n) is 5.31. The van der Waals surface area contributed by atoms with E-state index in [4.69, 9.17) is 4.98 Å². The Labute approximate surface area is 172 Å². The van der Waals surface area contributed by atoms with E-state index in [9.17, 15) is 9.18 Å². The Balaban J connectivity index is 1.34. The van der Waals surface area contributed by atoms with Crippen molar-refractivity contribution in [3.63, 3.8) is 0 Å². The van der Waals surface area contributed by atoms with Gasteiger partial charge in [-0.25, -0.2) is 14.2 Å². The molecule has 0 spiro atoms. The molecule has 2 heterocycles. The molecule has 0 atom stereocenters. The largest absolute Gasteiger partial charge is 0.338 e. The minimum atomic E-state index is -0.468. The van der Waals surface area contributed by atoms with Crippen LogP contribution < -0.4 is 15.5 Å². The minimum absolute atomic E-state index is 0.149. The van der Waals surface area contributed by atoms with E-state index >= 15 is 0 Å². The van der Waals surface area contributed by atoms with Crippen LogP contribution in [0, 0.1) is 5.82 Å². The van der Waals surface area contributed by atoms with Crippen molar-refractivity contribution >= 4 is 34.4 Å². The molecule has 6 nitrogen and oxygen atoms in total. The number of nitrogens with zero attached hydrogens (tertiary/aromatic N) is 2. The number of aromatic amines is 1. The Kier molecular flexibility index (Phi) is 4.55. The number of nitrogens with one attached hydrogen (secondary N) is 3. The molecule has 4 aromatic rings. The zero-order chi connectivity index (χ0) is 20.5. The molecule has 0 radical (unpaired) electrons. The zero-order valence-electron chi connectivity index (χ0n) is 16.2. The molecular formula is C23H20FN5O. The monoisotopic (exact) mass is 401 g/mol. The van der Waals surface area contributed by atoms with E-state index in [2.05, 4.69) is 26.6 Å². The molecule has 0 saturated heterocycles. The number of aromatic nitrogens is 2. The molecule has 0 fully saturated rings. The fraction of sp³-hybridized carbons (Fsp3) is 0.130. The first-order valence-corrected chi connectivity index (χ1v) is 9.80. The Hall–Kier alpha value is -3.87. The van der Waals surface area contributed by atoms with Crippen molar-refractivity contribution in [3.8, 4) is 0 Å². The van der Waals surface area contributed by atoms with Gasteiger partial charge in [-0.1, -0.05) is 36.4 Å². The van der Waals surface area contributed by atoms with Gasteiger partial charge in [0.25, 0.3) is 0 Å². The fourth-order valence-electron chi connectivity index (χ4n) is 3.83. The van der Waals surface area contributed by atoms with E-state index < -0.39 is 11.8 Å². The number of anilines is 3. The van der Waals surface area contributed by atoms with E-state index in [-0.39, 0.29) is 5.69 Å². The van der Waals surface area contributed by atoms with Gasteiger partial charge in [-0.3, -0.25) is 0 Å². The molecule has 3 N–H and O–H groups in total. The summed E-state index contributed by atoms with van der Waals surface area (Å²) in [7, 11) is 0. The average molecular weight is 401 g/mol. The molecule has 0 saturated carbocycles. The van der Waals surface area contributed by atoms with Crippen LogP contribution in [0.2, 0.25) is 0 Å². The predicted octanol–water partition coefficient (Wildman–Crippen LogP) is 4.91. The van der Waals surface area contributed by atoms with Crippen LogP contribution >= 0.6 is 0 Å². The third kappa shape index (κ3) is 3.45. The molecular weight excluding hydrogens is 381 g/mol. The SMILES string of the molecule is O=C(Nc1ccccc1F)Nc1cccc2c1CCN(c1nc3ccccc3[nH]1)C2. The lowest BCUT2D eigenvalue weighted by Gasteiger charge is -2.29. The van der Waals surface area contributed by atoms with E-state index in [0.29, 0.717) is 6.54 Å². The van der Waals surface area contributed by atoms with Crippen molar-refractivity contribution in [2.75, 3.05) is 22.1 Å². The van der Waals surface area contributed by atoms with Gasteiger partial charge in [-0.2, -0.15) is 0 Å². The standard InChI is InChI=1S/C23H20FN5O/c24-17-7-1-2-8-19(17)28-23(30)27-18-11-5-6-15-14-29(13-12-16(15)18)22-25-20-9-3-4-10-21(20)26-22/h1-11H,12-14H2,(H,25,26)(H2,27,28,30). The van der Waals surface area contributed by atoms with Gasteiger partial charge in [0.05, 0.1) is 16.7 Å². The van der Waals surface area contributed by atoms with Gasteiger partial charge in [0.2, 0.25) is 5.95 Å². The molecule has 1 aromatic heterocycles. The van der Waals surface area contributed by atoms with E-state index in [1.807, 2.05) is 36.4 Å². The Morgan fingerprint density at radius 1 is 0.967 bits per heavy atom. The first kappa shape index (κ1) is 18.2. The fourth-order valence-corrected chi connectivity index (χ4v) is 3.83. The summed E-state index contributed by atoms with van der Waals surface area (Å²) in [4.78, 5) is 22.7. The lowest BCUT2D eigenvalue weighted by atomic mass is 9.98. The van der Waals surface area contributed by atoms with Crippen LogP contribution in [-0.2, 0) is 13.0 Å². The molecule has 1 aliphatic rings. The number of imidazole rings is 1. The second-order valence-electron chi connectivity index (χ2n) is 7.25. The molecule has 0 unspecified atom stereocenters. The van der Waals surface area contributed by atoms with Crippen LogP contribution in [0.1, 0.15) is 11.1 Å². The van der Waals surface area contributed by atoms with E-state index in [1.54, 1.807) is 12.1 Å². The van der Waals surface area contributed by atoms with Crippen molar-refractivity contribution in [3.05, 3.63) is 83.7 Å². The van der Waals surface area contributed by atoms with Crippen molar-refractivity contribution in [2.45, 2.75) is 13.0 Å². The van der Waals surface area contributed by atoms with Crippen LogP contribution in [0.15, 0.2) is 66.7 Å². The maximum atomic E-state index is 13.8. The van der Waals surface area contributed by atoms with Crippen molar-refractivity contribution in [2.24, 2.45) is 0 Å². The Morgan fingerprint density at radius 3 is 2.60 bits per heavy atom. The first-order chi connectivity index (χ1) is 14.7. The number of carbonyl (C=O) groups is 1. The number of para-hydroxylation sites is 3. The van der Waals surface area contributed by atoms with Crippen molar-refractivity contribution in [1.29, 1.82) is 0 Å². The van der Waals surface area contributed by atoms with E-state index in [1.165, 1.54) is 12.1 Å². The van der Waals surface area contributed by atoms with Crippen LogP contribution in [0.5, 0.6) is 0 Å². The summed E-state index contributed by atoms with van der Waals surface area (Å²) in [5.74, 6) is 0.377. The summed E-state index contributed by atoms with van der Waals surface area (Å²) in [6, 6.07) is 19.4. The Bertz CT molecular complexity index is 1200. The van der Waals surface area contributed by atoms with E-state index in [0.717, 1.165) is 46.8 Å². The number of hydrogen-bond donors (Lipinski definition) is 3. The lowest BCUT2D eigenvalue weighted by molar-refractivity contribution is 0.262. The number of carbonyl (C=O) groups excluding carboxylic acids is 1. The van der Waals surface area contributed by atoms with Gasteiger partial charge in [0.15, 0.2) is 0 Å². The van der Waals surface area contributed by atoms with Crippen LogP contribution in [-0.4, -0.2) is 22.5 Å². The zero-order valence-corrected chi connectivity index (χ0v) is 16.2. The highest BCUT2D eigenvalue weighted by Crippen LogP contribution is 2.29. The Morgan fingerprint density at radius 2 is 1.73 bits per heavy atom. The smallest absolute Gasteiger partial charge is 0.323 e. The predicted molar refractivity (Wildman–Crippen MR) is 116 cm³/mol. The molecule has 1 aliphatic heterocycles. The lowest BCUT2D eigenvalue weighted by Crippen LogP contribution is -2.32. The third-order valence-corrected chi connectivity index (χ3v) is 5.31. The molecule has 3 aromatic carbocycles. The maximum Gasteiger partial charge on any atom is 0.323 e. The quantitative estimate of drug-likeness (QED) is 0.457. The van der Waals surface area contributed by atoms with Crippen LogP contribution in [0.4, 0.5) is 26.5 Å². The molecule has 2 amide bonds. The summed E-state index contributed by atoms with van der Waals surface area (Å²) < 4.78 is 13.8. The normalized spacial score (nSPS) is 13.2. The van der Waals surface area contributed by atoms with Gasteiger partial charge in [0.1, 0.15) is 5.82 Å². The highest BCUT2D eigenvalue weighted by molar-refractivity contribution is 6.00. The average Bonchev–Trinajstić information content (AvgIpc) is 3.20. The van der Waals surface area contributed by atoms with Crippen molar-refractivity contribution in [1.82, 2.24) is 9.97 Å². The van der Waals surface area contributed by atoms with Gasteiger partial charge in [-0.05, 0) is 47.9 Å². The van der Waals surface area contributed by atoms with Crippen LogP contribution in [0.25, 0.3) is 11.0 Å². The number of rotatable bonds is 3. The summed E-state index contributed by atoms with van der Waals surface area (Å²) in [5.41, 5.74) is 5.07. The summed E-state index contributed by atoms with van der Waals surface area (Å²) >= 11 is 0. The molecule has 0 aliphatic carbocycles. The van der Waals surface area contributed by atoms with Gasteiger partial charge in [0, 0.05) is 18.8 Å². The number of benzene rings is 3. The maximum absolute atomic E-state index is 13.8. The molecule has 0 bridgehead atoms. The number of H-pyrrole nitrogens is 1. The number of amides is 2. The molecule has 7 heteroatoms. The second-order valence-corrected chi connectivity index (χ2v) is 7.25. The van der Waals surface area contributed by atoms with Gasteiger partial charge in [-0.15, -0.1) is 0 Å². The number of fused-ring (bicyclic) bond motifs is 2. The number of hydrogen-bond acceptors (Lipinski definition) is 3. The molecule has 30 heavy (non-hydrogen) atoms. The second kappa shape index (κ2) is 7.51. The summed E-state index contributed by atoms with van der Waals surface area (Å²) in [6.07, 6.45) is 0.766. The number of urea groups is 1. The molecule has 150 valence electrons. The van der Waals surface area contributed by atoms with Crippen molar-refractivity contribution < 1.29 is 9.18 Å². The highest BCUT2D eigenvalue weighted by atomic mass is 19.1.